The number of allylic oxidation sites excluding steroid dienone is 1. The van der Waals surface area contributed by atoms with E-state index < -0.39 is 6.29 Å². The molecule has 1 N–H and O–H groups in total. The Balaban J connectivity index is 1.44. The number of carbonyl (C=O) groups is 1. The van der Waals surface area contributed by atoms with Gasteiger partial charge in [0.1, 0.15) is 0 Å². The van der Waals surface area contributed by atoms with Gasteiger partial charge in [0.2, 0.25) is 6.29 Å². The van der Waals surface area contributed by atoms with E-state index in [1.165, 1.54) is 27.8 Å². The van der Waals surface area contributed by atoms with Gasteiger partial charge in [-0.2, -0.15) is 0 Å². The van der Waals surface area contributed by atoms with E-state index in [1.54, 1.807) is 4.90 Å². The Labute approximate surface area is 230 Å². The Morgan fingerprint density at radius 1 is 1.00 bits per heavy atom. The molecule has 0 spiro atoms. The third kappa shape index (κ3) is 6.36. The van der Waals surface area contributed by atoms with Crippen molar-refractivity contribution >= 4 is 5.91 Å². The van der Waals surface area contributed by atoms with Crippen LogP contribution in [0.5, 0.6) is 0 Å². The second kappa shape index (κ2) is 13.5. The van der Waals surface area contributed by atoms with E-state index >= 15 is 0 Å². The molecule has 1 aliphatic carbocycles. The molecule has 8 heteroatoms. The van der Waals surface area contributed by atoms with Crippen LogP contribution in [-0.4, -0.2) is 88.1 Å². The summed E-state index contributed by atoms with van der Waals surface area (Å²) in [7, 11) is 0. The summed E-state index contributed by atoms with van der Waals surface area (Å²) >= 11 is 0. The molecule has 39 heavy (non-hydrogen) atoms. The number of rotatable bonds is 12. The van der Waals surface area contributed by atoms with Crippen LogP contribution in [-0.2, 0) is 34.9 Å². The fourth-order valence-electron chi connectivity index (χ4n) is 5.81. The van der Waals surface area contributed by atoms with Gasteiger partial charge in [0.25, 0.3) is 5.91 Å². The molecule has 1 saturated heterocycles. The number of aliphatic hydroxyl groups is 1. The number of amides is 1. The van der Waals surface area contributed by atoms with Gasteiger partial charge in [-0.1, -0.05) is 42.5 Å². The maximum absolute atomic E-state index is 13.5. The van der Waals surface area contributed by atoms with Crippen molar-refractivity contribution in [1.82, 2.24) is 4.90 Å². The molecule has 2 aliphatic heterocycles. The standard InChI is InChI=1S/C31H39NO7/c1-2-38-31-26(10-14-35-18-19-37-17-13-33)28(21-29(39-31)30(34)32-11-15-36-16-12-32)25-9-5-8-24-23-7-4-3-6-22(23)20-27(24)25/h3-9,21,26,28,31,33H,2,10-20H2,1H3. The third-order valence-electron chi connectivity index (χ3n) is 7.67. The van der Waals surface area contributed by atoms with E-state index in [0.717, 1.165) is 6.42 Å². The highest BCUT2D eigenvalue weighted by atomic mass is 16.7. The summed E-state index contributed by atoms with van der Waals surface area (Å²) < 4.78 is 29.1. The first-order chi connectivity index (χ1) is 19.2. The monoisotopic (exact) mass is 537 g/mol. The minimum Gasteiger partial charge on any atom is -0.459 e. The van der Waals surface area contributed by atoms with Gasteiger partial charge < -0.3 is 33.7 Å². The van der Waals surface area contributed by atoms with Crippen LogP contribution in [0.25, 0.3) is 11.1 Å². The number of carbonyl (C=O) groups excluding carboxylic acids is 1. The molecular formula is C31H39NO7. The molecule has 0 radical (unpaired) electrons. The molecule has 0 bridgehead atoms. The van der Waals surface area contributed by atoms with Crippen LogP contribution in [0, 0.1) is 5.92 Å². The van der Waals surface area contributed by atoms with Crippen LogP contribution in [0.2, 0.25) is 0 Å². The van der Waals surface area contributed by atoms with Crippen molar-refractivity contribution in [3.05, 3.63) is 71.0 Å². The topological polar surface area (TPSA) is 86.7 Å². The fraction of sp³-hybridized carbons (Fsp3) is 0.516. The van der Waals surface area contributed by atoms with E-state index in [0.29, 0.717) is 71.5 Å². The highest BCUT2D eigenvalue weighted by Crippen LogP contribution is 2.45. The summed E-state index contributed by atoms with van der Waals surface area (Å²) in [6.45, 7) is 6.28. The molecule has 210 valence electrons. The summed E-state index contributed by atoms with van der Waals surface area (Å²) in [5.74, 6) is 0.121. The summed E-state index contributed by atoms with van der Waals surface area (Å²) in [6, 6.07) is 15.1. The van der Waals surface area contributed by atoms with Gasteiger partial charge in [-0.3, -0.25) is 4.79 Å². The van der Waals surface area contributed by atoms with Crippen molar-refractivity contribution in [2.45, 2.75) is 32.0 Å². The average Bonchev–Trinajstić information content (AvgIpc) is 3.36. The van der Waals surface area contributed by atoms with E-state index in [4.69, 9.17) is 28.8 Å². The van der Waals surface area contributed by atoms with Crippen molar-refractivity contribution in [3.8, 4) is 11.1 Å². The molecule has 5 rings (SSSR count). The second-order valence-electron chi connectivity index (χ2n) is 10.0. The molecule has 2 heterocycles. The van der Waals surface area contributed by atoms with E-state index in [2.05, 4.69) is 42.5 Å². The zero-order valence-electron chi connectivity index (χ0n) is 22.7. The number of fused-ring (bicyclic) bond motifs is 3. The van der Waals surface area contributed by atoms with Gasteiger partial charge in [0.05, 0.1) is 39.6 Å². The van der Waals surface area contributed by atoms with E-state index in [1.807, 2.05) is 13.0 Å². The first-order valence-corrected chi connectivity index (χ1v) is 14.0. The van der Waals surface area contributed by atoms with E-state index in [9.17, 15) is 4.79 Å². The van der Waals surface area contributed by atoms with Gasteiger partial charge in [0, 0.05) is 38.1 Å². The van der Waals surface area contributed by atoms with Gasteiger partial charge in [-0.15, -0.1) is 0 Å². The summed E-state index contributed by atoms with van der Waals surface area (Å²) in [6.07, 6.45) is 3.01. The second-order valence-corrected chi connectivity index (χ2v) is 10.0. The summed E-state index contributed by atoms with van der Waals surface area (Å²) in [5, 5.41) is 8.89. The minimum absolute atomic E-state index is 0.000234. The Morgan fingerprint density at radius 3 is 2.56 bits per heavy atom. The molecule has 3 aliphatic rings. The van der Waals surface area contributed by atoms with Gasteiger partial charge in [-0.25, -0.2) is 0 Å². The lowest BCUT2D eigenvalue weighted by atomic mass is 9.78. The van der Waals surface area contributed by atoms with Crippen LogP contribution in [0.15, 0.2) is 54.3 Å². The Kier molecular flexibility index (Phi) is 9.66. The molecule has 1 fully saturated rings. The van der Waals surface area contributed by atoms with Gasteiger partial charge >= 0.3 is 0 Å². The van der Waals surface area contributed by atoms with Crippen molar-refractivity contribution in [2.75, 3.05) is 65.9 Å². The molecule has 3 atom stereocenters. The Bertz CT molecular complexity index is 1140. The molecule has 0 aromatic heterocycles. The zero-order chi connectivity index (χ0) is 27.0. The number of benzene rings is 2. The fourth-order valence-corrected chi connectivity index (χ4v) is 5.81. The van der Waals surface area contributed by atoms with Crippen molar-refractivity contribution in [2.24, 2.45) is 5.92 Å². The Hall–Kier alpha value is -2.75. The smallest absolute Gasteiger partial charge is 0.288 e. The number of hydrogen-bond acceptors (Lipinski definition) is 7. The van der Waals surface area contributed by atoms with E-state index in [-0.39, 0.29) is 24.3 Å². The molecular weight excluding hydrogens is 498 g/mol. The highest BCUT2D eigenvalue weighted by Gasteiger charge is 2.40. The highest BCUT2D eigenvalue weighted by molar-refractivity contribution is 5.92. The average molecular weight is 538 g/mol. The first kappa shape index (κ1) is 27.8. The predicted molar refractivity (Wildman–Crippen MR) is 146 cm³/mol. The van der Waals surface area contributed by atoms with Gasteiger partial charge in [0.15, 0.2) is 5.76 Å². The number of nitrogens with zero attached hydrogens (tertiary/aromatic N) is 1. The van der Waals surface area contributed by atoms with Gasteiger partial charge in [-0.05, 0) is 53.7 Å². The third-order valence-corrected chi connectivity index (χ3v) is 7.67. The minimum atomic E-state index is -0.570. The first-order valence-electron chi connectivity index (χ1n) is 14.0. The number of ether oxygens (including phenoxy) is 5. The maximum Gasteiger partial charge on any atom is 0.288 e. The maximum atomic E-state index is 13.5. The number of hydrogen-bond donors (Lipinski definition) is 1. The zero-order valence-corrected chi connectivity index (χ0v) is 22.7. The summed E-state index contributed by atoms with van der Waals surface area (Å²) in [4.78, 5) is 15.4. The van der Waals surface area contributed by atoms with Crippen molar-refractivity contribution < 1.29 is 33.6 Å². The lowest BCUT2D eigenvalue weighted by Gasteiger charge is -2.39. The molecule has 8 nitrogen and oxygen atoms in total. The van der Waals surface area contributed by atoms with Crippen LogP contribution in [0.4, 0.5) is 0 Å². The van der Waals surface area contributed by atoms with Crippen LogP contribution < -0.4 is 0 Å². The predicted octanol–water partition coefficient (Wildman–Crippen LogP) is 3.51. The van der Waals surface area contributed by atoms with Crippen molar-refractivity contribution in [3.63, 3.8) is 0 Å². The quantitative estimate of drug-likeness (QED) is 0.354. The number of morpholine rings is 1. The van der Waals surface area contributed by atoms with Crippen molar-refractivity contribution in [1.29, 1.82) is 0 Å². The largest absolute Gasteiger partial charge is 0.459 e. The van der Waals surface area contributed by atoms with Crippen LogP contribution >= 0.6 is 0 Å². The summed E-state index contributed by atoms with van der Waals surface area (Å²) in [5.41, 5.74) is 6.37. The lowest BCUT2D eigenvalue weighted by molar-refractivity contribution is -0.173. The molecule has 0 saturated carbocycles. The Morgan fingerprint density at radius 2 is 1.77 bits per heavy atom. The van der Waals surface area contributed by atoms with Crippen LogP contribution in [0.1, 0.15) is 36.0 Å². The molecule has 2 aromatic carbocycles. The van der Waals surface area contributed by atoms with Crippen LogP contribution in [0.3, 0.4) is 0 Å². The molecule has 3 unspecified atom stereocenters. The molecule has 2 aromatic rings. The normalized spacial score (nSPS) is 22.2. The molecule has 1 amide bonds. The lowest BCUT2D eigenvalue weighted by Crippen LogP contribution is -2.44. The number of aliphatic hydroxyl groups excluding tert-OH is 1. The SMILES string of the molecule is CCOC1OC(C(=O)N2CCOCC2)=CC(c2cccc3c2Cc2ccccc2-3)C1CCOCCOCCO.